The summed E-state index contributed by atoms with van der Waals surface area (Å²) >= 11 is 0. The number of halogens is 3. The molecule has 1 aliphatic heterocycles. The van der Waals surface area contributed by atoms with Crippen molar-refractivity contribution in [2.45, 2.75) is 6.18 Å². The number of carbonyl (C=O) groups is 1. The van der Waals surface area contributed by atoms with E-state index in [1.165, 1.54) is 18.2 Å². The summed E-state index contributed by atoms with van der Waals surface area (Å²) in [5.74, 6) is -0.493. The fourth-order valence-electron chi connectivity index (χ4n) is 2.31. The van der Waals surface area contributed by atoms with Crippen LogP contribution in [-0.4, -0.2) is 67.6 Å². The van der Waals surface area contributed by atoms with Crippen molar-refractivity contribution in [3.8, 4) is 5.88 Å². The number of methoxy groups -OCH3 is 1. The summed E-state index contributed by atoms with van der Waals surface area (Å²) in [6.07, 6.45) is -4.34. The Morgan fingerprint density at radius 3 is 2.50 bits per heavy atom. The van der Waals surface area contributed by atoms with E-state index in [-0.39, 0.29) is 32.0 Å². The molecule has 0 unspecified atom stereocenters. The fraction of sp³-hybridized carbons (Fsp3) is 0.571. The molecular formula is C14H18F3N3O4. The van der Waals surface area contributed by atoms with Crippen molar-refractivity contribution in [1.82, 2.24) is 9.88 Å². The minimum absolute atomic E-state index is 0.0385. The first-order valence-corrected chi connectivity index (χ1v) is 7.24. The Hall–Kier alpha value is -2.23. The van der Waals surface area contributed by atoms with Crippen LogP contribution in [0.3, 0.4) is 0 Å². The molecule has 7 nitrogen and oxygen atoms in total. The van der Waals surface area contributed by atoms with Crippen molar-refractivity contribution < 1.29 is 32.5 Å². The molecule has 134 valence electrons. The lowest BCUT2D eigenvalue weighted by molar-refractivity contribution is -0.139. The van der Waals surface area contributed by atoms with Crippen LogP contribution in [0.25, 0.3) is 0 Å². The molecule has 24 heavy (non-hydrogen) atoms. The molecule has 2 rings (SSSR count). The molecule has 0 spiro atoms. The molecule has 1 aliphatic rings. The Morgan fingerprint density at radius 1 is 1.29 bits per heavy atom. The first-order chi connectivity index (χ1) is 11.3. The summed E-state index contributed by atoms with van der Waals surface area (Å²) in [6, 6.07) is 0.978. The van der Waals surface area contributed by atoms with Crippen LogP contribution in [0.2, 0.25) is 0 Å². The van der Waals surface area contributed by atoms with E-state index < -0.39 is 23.7 Å². The highest BCUT2D eigenvalue weighted by molar-refractivity contribution is 5.65. The fourth-order valence-corrected chi connectivity index (χ4v) is 2.31. The molecular weight excluding hydrogens is 331 g/mol. The average molecular weight is 349 g/mol. The molecule has 10 heteroatoms. The highest BCUT2D eigenvalue weighted by atomic mass is 19.4. The number of pyridine rings is 1. The summed E-state index contributed by atoms with van der Waals surface area (Å²) in [5.41, 5.74) is -0.678. The number of piperazine rings is 1. The molecule has 0 atom stereocenters. The van der Waals surface area contributed by atoms with Gasteiger partial charge in [-0.1, -0.05) is 0 Å². The second-order valence-corrected chi connectivity index (χ2v) is 5.14. The van der Waals surface area contributed by atoms with Crippen molar-refractivity contribution in [2.24, 2.45) is 0 Å². The van der Waals surface area contributed by atoms with Crippen LogP contribution in [0.5, 0.6) is 5.88 Å². The van der Waals surface area contributed by atoms with E-state index in [2.05, 4.69) is 4.98 Å². The number of ether oxygens (including phenoxy) is 2. The smallest absolute Gasteiger partial charge is 0.421 e. The van der Waals surface area contributed by atoms with Crippen LogP contribution in [0.15, 0.2) is 12.3 Å². The SMILES string of the molecule is COCCOc1ncc(N2CCN(C(=O)O)CC2)cc1C(F)(F)F. The first kappa shape index (κ1) is 18.1. The maximum absolute atomic E-state index is 13.2. The predicted molar refractivity (Wildman–Crippen MR) is 78.4 cm³/mol. The van der Waals surface area contributed by atoms with Crippen LogP contribution in [0.1, 0.15) is 5.56 Å². The quantitative estimate of drug-likeness (QED) is 0.819. The number of nitrogens with zero attached hydrogens (tertiary/aromatic N) is 3. The van der Waals surface area contributed by atoms with E-state index in [0.29, 0.717) is 13.1 Å². The predicted octanol–water partition coefficient (Wildman–Crippen LogP) is 1.93. The zero-order valence-corrected chi connectivity index (χ0v) is 13.0. The van der Waals surface area contributed by atoms with Gasteiger partial charge in [-0.2, -0.15) is 13.2 Å². The van der Waals surface area contributed by atoms with Crippen LogP contribution in [0.4, 0.5) is 23.7 Å². The Morgan fingerprint density at radius 2 is 1.96 bits per heavy atom. The monoisotopic (exact) mass is 349 g/mol. The van der Waals surface area contributed by atoms with Crippen LogP contribution in [-0.2, 0) is 10.9 Å². The number of amides is 1. The molecule has 1 aromatic rings. The van der Waals surface area contributed by atoms with Gasteiger partial charge in [0.25, 0.3) is 0 Å². The van der Waals surface area contributed by atoms with E-state index >= 15 is 0 Å². The lowest BCUT2D eigenvalue weighted by Gasteiger charge is -2.34. The van der Waals surface area contributed by atoms with Crippen LogP contribution in [0, 0.1) is 0 Å². The summed E-state index contributed by atoms with van der Waals surface area (Å²) in [4.78, 5) is 17.5. The molecule has 1 amide bonds. The third-order valence-electron chi connectivity index (χ3n) is 3.58. The van der Waals surface area contributed by atoms with E-state index in [1.54, 1.807) is 4.90 Å². The van der Waals surface area contributed by atoms with Gasteiger partial charge < -0.3 is 24.4 Å². The molecule has 0 aromatic carbocycles. The second kappa shape index (κ2) is 7.56. The zero-order valence-electron chi connectivity index (χ0n) is 13.0. The van der Waals surface area contributed by atoms with Gasteiger partial charge >= 0.3 is 12.3 Å². The van der Waals surface area contributed by atoms with E-state index in [9.17, 15) is 18.0 Å². The summed E-state index contributed by atoms with van der Waals surface area (Å²) in [5, 5.41) is 8.90. The number of anilines is 1. The molecule has 0 saturated carbocycles. The average Bonchev–Trinajstić information content (AvgIpc) is 2.54. The standard InChI is InChI=1S/C14H18F3N3O4/c1-23-6-7-24-12-11(14(15,16)17)8-10(9-18-12)19-2-4-20(5-3-19)13(21)22/h8-9H,2-7H2,1H3,(H,21,22). The Balaban J connectivity index is 2.16. The Labute approximate surface area is 136 Å². The summed E-state index contributed by atoms with van der Waals surface area (Å²) in [6.45, 7) is 1.16. The van der Waals surface area contributed by atoms with E-state index in [1.807, 2.05) is 0 Å². The maximum atomic E-state index is 13.2. The molecule has 0 aliphatic carbocycles. The van der Waals surface area contributed by atoms with Crippen LogP contribution >= 0.6 is 0 Å². The van der Waals surface area contributed by atoms with Gasteiger partial charge in [0.05, 0.1) is 18.5 Å². The number of hydrogen-bond acceptors (Lipinski definition) is 5. The first-order valence-electron chi connectivity index (χ1n) is 7.24. The van der Waals surface area contributed by atoms with Gasteiger partial charge in [-0.25, -0.2) is 9.78 Å². The number of hydrogen-bond donors (Lipinski definition) is 1. The third kappa shape index (κ3) is 4.40. The van der Waals surface area contributed by atoms with Gasteiger partial charge in [0.15, 0.2) is 0 Å². The van der Waals surface area contributed by atoms with E-state index in [4.69, 9.17) is 14.6 Å². The summed E-state index contributed by atoms with van der Waals surface area (Å²) in [7, 11) is 1.42. The molecule has 1 saturated heterocycles. The van der Waals surface area contributed by atoms with Crippen LogP contribution < -0.4 is 9.64 Å². The van der Waals surface area contributed by atoms with Crippen molar-refractivity contribution >= 4 is 11.8 Å². The van der Waals surface area contributed by atoms with Gasteiger partial charge in [0, 0.05) is 33.3 Å². The number of aromatic nitrogens is 1. The van der Waals surface area contributed by atoms with Crippen molar-refractivity contribution in [1.29, 1.82) is 0 Å². The Kier molecular flexibility index (Phi) is 5.71. The molecule has 1 fully saturated rings. The van der Waals surface area contributed by atoms with Gasteiger partial charge in [0.2, 0.25) is 5.88 Å². The minimum atomic E-state index is -4.60. The number of carboxylic acid groups (broad SMARTS) is 1. The molecule has 0 bridgehead atoms. The zero-order chi connectivity index (χ0) is 17.7. The normalized spacial score (nSPS) is 15.5. The third-order valence-corrected chi connectivity index (χ3v) is 3.58. The summed E-state index contributed by atoms with van der Waals surface area (Å²) < 4.78 is 49.4. The Bertz CT molecular complexity index is 575. The van der Waals surface area contributed by atoms with Gasteiger partial charge in [-0.15, -0.1) is 0 Å². The molecule has 1 aromatic heterocycles. The van der Waals surface area contributed by atoms with Gasteiger partial charge in [-0.3, -0.25) is 0 Å². The topological polar surface area (TPSA) is 75.1 Å². The van der Waals surface area contributed by atoms with Crippen molar-refractivity contribution in [3.05, 3.63) is 17.8 Å². The molecule has 2 heterocycles. The van der Waals surface area contributed by atoms with Gasteiger partial charge in [0.1, 0.15) is 12.2 Å². The lowest BCUT2D eigenvalue weighted by Crippen LogP contribution is -2.48. The molecule has 0 radical (unpaired) electrons. The van der Waals surface area contributed by atoms with Crippen molar-refractivity contribution in [2.75, 3.05) is 51.4 Å². The molecule has 1 N–H and O–H groups in total. The number of rotatable bonds is 5. The van der Waals surface area contributed by atoms with Gasteiger partial charge in [-0.05, 0) is 6.07 Å². The largest absolute Gasteiger partial charge is 0.475 e. The van der Waals surface area contributed by atoms with Crippen molar-refractivity contribution in [3.63, 3.8) is 0 Å². The van der Waals surface area contributed by atoms with E-state index in [0.717, 1.165) is 6.07 Å². The second-order valence-electron chi connectivity index (χ2n) is 5.14. The maximum Gasteiger partial charge on any atom is 0.421 e. The lowest BCUT2D eigenvalue weighted by atomic mass is 10.2. The minimum Gasteiger partial charge on any atom is -0.475 e. The highest BCUT2D eigenvalue weighted by Gasteiger charge is 2.36. The number of alkyl halides is 3. The highest BCUT2D eigenvalue weighted by Crippen LogP contribution is 2.37.